The van der Waals surface area contributed by atoms with Crippen LogP contribution in [0.4, 0.5) is 11.5 Å². The fraction of sp³-hybridized carbons (Fsp3) is 0.259. The van der Waals surface area contributed by atoms with E-state index in [1.54, 1.807) is 24.4 Å². The zero-order chi connectivity index (χ0) is 23.9. The highest BCUT2D eigenvalue weighted by atomic mass is 35.5. The van der Waals surface area contributed by atoms with E-state index in [9.17, 15) is 10.1 Å². The number of hydrogen-bond acceptors (Lipinski definition) is 5. The van der Waals surface area contributed by atoms with Crippen molar-refractivity contribution < 1.29 is 4.79 Å². The second-order valence-electron chi connectivity index (χ2n) is 9.30. The number of halogens is 1. The van der Waals surface area contributed by atoms with Gasteiger partial charge in [0.15, 0.2) is 0 Å². The number of rotatable bonds is 7. The highest BCUT2D eigenvalue weighted by Gasteiger charge is 2.45. The number of aromatic nitrogens is 3. The molecule has 2 aliphatic rings. The molecule has 35 heavy (non-hydrogen) atoms. The maximum atomic E-state index is 12.8. The number of hydrogen-bond donors (Lipinski definition) is 2. The van der Waals surface area contributed by atoms with Crippen molar-refractivity contribution in [1.82, 2.24) is 14.4 Å². The van der Waals surface area contributed by atoms with E-state index >= 15 is 0 Å². The number of benzene rings is 1. The summed E-state index contributed by atoms with van der Waals surface area (Å²) < 4.78 is 2.09. The van der Waals surface area contributed by atoms with E-state index in [0.717, 1.165) is 22.6 Å². The SMILES string of the molecule is N#Cc1ccc(Cl)cc1C1C[C@@H]1C(=O)Nc1cc(NCc2cn3cc(C4CC4)ccc3n2)ccn1. The first-order valence-corrected chi connectivity index (χ1v) is 12.1. The molecule has 1 aromatic carbocycles. The van der Waals surface area contributed by atoms with Gasteiger partial charge in [0.2, 0.25) is 5.91 Å². The van der Waals surface area contributed by atoms with Crippen molar-refractivity contribution in [2.45, 2.75) is 37.6 Å². The van der Waals surface area contributed by atoms with Gasteiger partial charge in [-0.25, -0.2) is 9.97 Å². The van der Waals surface area contributed by atoms with Crippen molar-refractivity contribution in [1.29, 1.82) is 5.26 Å². The summed E-state index contributed by atoms with van der Waals surface area (Å²) in [6, 6.07) is 15.3. The number of carbonyl (C=O) groups is 1. The minimum atomic E-state index is -0.197. The number of carbonyl (C=O) groups excluding carboxylic acids is 1. The molecule has 3 aromatic heterocycles. The average Bonchev–Trinajstić information content (AvgIpc) is 3.79. The fourth-order valence-corrected chi connectivity index (χ4v) is 4.78. The number of nitrogens with one attached hydrogen (secondary N) is 2. The molecule has 0 spiro atoms. The van der Waals surface area contributed by atoms with E-state index in [4.69, 9.17) is 16.6 Å². The first-order valence-electron chi connectivity index (χ1n) is 11.8. The molecule has 4 aromatic rings. The Morgan fingerprint density at radius 2 is 2.06 bits per heavy atom. The normalized spacial score (nSPS) is 18.7. The summed E-state index contributed by atoms with van der Waals surface area (Å²) in [5.74, 6) is 0.896. The van der Waals surface area contributed by atoms with Gasteiger partial charge in [0, 0.05) is 41.3 Å². The minimum absolute atomic E-state index is 0.000126. The number of nitriles is 1. The molecule has 2 fully saturated rings. The van der Waals surface area contributed by atoms with Crippen LogP contribution in [0.1, 0.15) is 53.5 Å². The summed E-state index contributed by atoms with van der Waals surface area (Å²) in [7, 11) is 0. The van der Waals surface area contributed by atoms with Gasteiger partial charge in [-0.1, -0.05) is 17.7 Å². The standard InChI is InChI=1S/C27H23ClN6O/c28-19-5-3-17(12-29)22(9-19)23-11-24(23)27(35)33-25-10-20(7-8-30-25)31-13-21-15-34-14-18(16-1-2-16)4-6-26(34)32-21/h3-10,14-16,23-24H,1-2,11,13H2,(H2,30,31,33,35)/t23?,24-/m0/s1. The van der Waals surface area contributed by atoms with Gasteiger partial charge in [-0.05, 0) is 72.6 Å². The fourth-order valence-electron chi connectivity index (χ4n) is 4.60. The summed E-state index contributed by atoms with van der Waals surface area (Å²) in [6.45, 7) is 0.564. The molecule has 1 unspecified atom stereocenters. The second-order valence-corrected chi connectivity index (χ2v) is 9.74. The van der Waals surface area contributed by atoms with Gasteiger partial charge in [-0.2, -0.15) is 5.26 Å². The van der Waals surface area contributed by atoms with E-state index in [1.807, 2.05) is 12.1 Å². The third kappa shape index (κ3) is 4.58. The predicted octanol–water partition coefficient (Wildman–Crippen LogP) is 5.49. The minimum Gasteiger partial charge on any atom is -0.379 e. The maximum Gasteiger partial charge on any atom is 0.229 e. The molecule has 8 heteroatoms. The van der Waals surface area contributed by atoms with Crippen LogP contribution in [-0.4, -0.2) is 20.3 Å². The van der Waals surface area contributed by atoms with Crippen LogP contribution in [0.5, 0.6) is 0 Å². The lowest BCUT2D eigenvalue weighted by Crippen LogP contribution is -2.16. The maximum absolute atomic E-state index is 12.8. The quantitative estimate of drug-likeness (QED) is 0.363. The lowest BCUT2D eigenvalue weighted by atomic mass is 10.0. The predicted molar refractivity (Wildman–Crippen MR) is 134 cm³/mol. The third-order valence-corrected chi connectivity index (χ3v) is 6.95. The van der Waals surface area contributed by atoms with Crippen LogP contribution in [0.3, 0.4) is 0 Å². The van der Waals surface area contributed by atoms with Crippen LogP contribution < -0.4 is 10.6 Å². The average molecular weight is 483 g/mol. The molecule has 3 heterocycles. The van der Waals surface area contributed by atoms with Crippen LogP contribution in [0.25, 0.3) is 5.65 Å². The molecular formula is C27H23ClN6O. The summed E-state index contributed by atoms with van der Waals surface area (Å²) in [6.07, 6.45) is 9.14. The van der Waals surface area contributed by atoms with E-state index in [0.29, 0.717) is 35.3 Å². The molecule has 0 aliphatic heterocycles. The molecule has 2 N–H and O–H groups in total. The first-order chi connectivity index (χ1) is 17.1. The Balaban J connectivity index is 1.09. The smallest absolute Gasteiger partial charge is 0.229 e. The monoisotopic (exact) mass is 482 g/mol. The van der Waals surface area contributed by atoms with E-state index in [2.05, 4.69) is 50.6 Å². The number of anilines is 2. The van der Waals surface area contributed by atoms with Crippen molar-refractivity contribution in [3.63, 3.8) is 0 Å². The van der Waals surface area contributed by atoms with Crippen molar-refractivity contribution in [2.75, 3.05) is 10.6 Å². The molecule has 0 radical (unpaired) electrons. The van der Waals surface area contributed by atoms with E-state index < -0.39 is 0 Å². The highest BCUT2D eigenvalue weighted by molar-refractivity contribution is 6.30. The van der Waals surface area contributed by atoms with E-state index in [1.165, 1.54) is 18.4 Å². The number of imidazole rings is 1. The Morgan fingerprint density at radius 3 is 2.89 bits per heavy atom. The van der Waals surface area contributed by atoms with E-state index in [-0.39, 0.29) is 17.7 Å². The lowest BCUT2D eigenvalue weighted by molar-refractivity contribution is -0.117. The molecule has 2 atom stereocenters. The molecule has 2 saturated carbocycles. The van der Waals surface area contributed by atoms with Crippen molar-refractivity contribution >= 4 is 34.7 Å². The number of fused-ring (bicyclic) bond motifs is 1. The topological polar surface area (TPSA) is 95.1 Å². The molecular weight excluding hydrogens is 460 g/mol. The molecule has 1 amide bonds. The second kappa shape index (κ2) is 8.71. The summed E-state index contributed by atoms with van der Waals surface area (Å²) in [5, 5.41) is 16.2. The van der Waals surface area contributed by atoms with Gasteiger partial charge < -0.3 is 15.0 Å². The van der Waals surface area contributed by atoms with Crippen LogP contribution >= 0.6 is 11.6 Å². The van der Waals surface area contributed by atoms with Gasteiger partial charge in [-0.3, -0.25) is 4.79 Å². The Labute approximate surface area is 207 Å². The molecule has 0 bridgehead atoms. The Kier molecular flexibility index (Phi) is 5.39. The van der Waals surface area contributed by atoms with Gasteiger partial charge >= 0.3 is 0 Å². The molecule has 6 rings (SSSR count). The lowest BCUT2D eigenvalue weighted by Gasteiger charge is -2.08. The Hall–Kier alpha value is -3.89. The van der Waals surface area contributed by atoms with Gasteiger partial charge in [0.25, 0.3) is 0 Å². The molecule has 2 aliphatic carbocycles. The number of amides is 1. The third-order valence-electron chi connectivity index (χ3n) is 6.72. The summed E-state index contributed by atoms with van der Waals surface area (Å²) >= 11 is 6.11. The summed E-state index contributed by atoms with van der Waals surface area (Å²) in [4.78, 5) is 21.8. The first kappa shape index (κ1) is 21.6. The largest absolute Gasteiger partial charge is 0.379 e. The number of pyridine rings is 2. The molecule has 7 nitrogen and oxygen atoms in total. The highest BCUT2D eigenvalue weighted by Crippen LogP contribution is 2.49. The number of nitrogens with zero attached hydrogens (tertiary/aromatic N) is 4. The molecule has 174 valence electrons. The summed E-state index contributed by atoms with van der Waals surface area (Å²) in [5.41, 5.74) is 5.50. The van der Waals surface area contributed by atoms with Crippen LogP contribution in [0, 0.1) is 17.2 Å². The van der Waals surface area contributed by atoms with Gasteiger partial charge in [-0.15, -0.1) is 0 Å². The van der Waals surface area contributed by atoms with Crippen molar-refractivity contribution in [3.8, 4) is 6.07 Å². The Morgan fingerprint density at radius 1 is 1.17 bits per heavy atom. The van der Waals surface area contributed by atoms with Crippen LogP contribution in [0.2, 0.25) is 5.02 Å². The van der Waals surface area contributed by atoms with Crippen LogP contribution in [0.15, 0.2) is 61.1 Å². The molecule has 0 saturated heterocycles. The zero-order valence-electron chi connectivity index (χ0n) is 18.9. The zero-order valence-corrected chi connectivity index (χ0v) is 19.7. The van der Waals surface area contributed by atoms with Crippen molar-refractivity contribution in [3.05, 3.63) is 88.5 Å². The Bertz CT molecular complexity index is 1480. The van der Waals surface area contributed by atoms with Crippen molar-refractivity contribution in [2.24, 2.45) is 5.92 Å². The van der Waals surface area contributed by atoms with Gasteiger partial charge in [0.1, 0.15) is 11.5 Å². The van der Waals surface area contributed by atoms with Crippen LogP contribution in [-0.2, 0) is 11.3 Å². The van der Waals surface area contributed by atoms with Gasteiger partial charge in [0.05, 0.1) is 23.9 Å².